The van der Waals surface area contributed by atoms with Crippen molar-refractivity contribution >= 4 is 6.09 Å². The van der Waals surface area contributed by atoms with E-state index in [1.807, 2.05) is 34.6 Å². The van der Waals surface area contributed by atoms with Crippen molar-refractivity contribution < 1.29 is 19.0 Å². The van der Waals surface area contributed by atoms with E-state index in [0.717, 1.165) is 6.42 Å². The molecule has 0 aromatic carbocycles. The number of alkyl carbamates (subject to hydrolysis) is 1. The first-order valence-corrected chi connectivity index (χ1v) is 8.21. The van der Waals surface area contributed by atoms with Gasteiger partial charge in [0.25, 0.3) is 0 Å². The van der Waals surface area contributed by atoms with E-state index in [9.17, 15) is 4.79 Å². The van der Waals surface area contributed by atoms with Gasteiger partial charge in [0.05, 0.1) is 24.8 Å². The number of carbonyl (C=O) groups excluding carboxylic acids is 1. The van der Waals surface area contributed by atoms with Crippen LogP contribution in [0, 0.1) is 0 Å². The highest BCUT2D eigenvalue weighted by atomic mass is 16.6. The molecule has 1 rings (SSSR count). The minimum atomic E-state index is -0.488. The average Bonchev–Trinajstić information content (AvgIpc) is 2.39. The van der Waals surface area contributed by atoms with Gasteiger partial charge in [-0.25, -0.2) is 4.79 Å². The number of amides is 1. The van der Waals surface area contributed by atoms with Crippen LogP contribution in [0.1, 0.15) is 48.0 Å². The van der Waals surface area contributed by atoms with Crippen molar-refractivity contribution in [2.24, 2.45) is 0 Å². The summed E-state index contributed by atoms with van der Waals surface area (Å²) < 4.78 is 16.5. The third kappa shape index (κ3) is 6.50. The Labute approximate surface area is 134 Å². The van der Waals surface area contributed by atoms with Crippen molar-refractivity contribution in [3.8, 4) is 0 Å². The van der Waals surface area contributed by atoms with Gasteiger partial charge in [0.15, 0.2) is 0 Å². The second-order valence-corrected chi connectivity index (χ2v) is 6.74. The van der Waals surface area contributed by atoms with Crippen LogP contribution in [-0.2, 0) is 14.2 Å². The van der Waals surface area contributed by atoms with Crippen molar-refractivity contribution in [1.29, 1.82) is 0 Å². The first-order chi connectivity index (χ1) is 10.3. The van der Waals surface area contributed by atoms with E-state index in [1.54, 1.807) is 0 Å². The van der Waals surface area contributed by atoms with Gasteiger partial charge in [-0.05, 0) is 48.0 Å². The molecule has 0 aliphatic heterocycles. The maximum atomic E-state index is 11.9. The Bertz CT molecular complexity index is 344. The quantitative estimate of drug-likeness (QED) is 0.717. The van der Waals surface area contributed by atoms with Crippen LogP contribution in [0.2, 0.25) is 0 Å². The summed E-state index contributed by atoms with van der Waals surface area (Å²) in [5.74, 6) is 0. The van der Waals surface area contributed by atoms with Gasteiger partial charge in [-0.3, -0.25) is 0 Å². The standard InChI is InChI=1S/C16H32N2O4/c1-7-20-10-11(3)17-14-12(9-13(14)21-8-2)18-15(19)22-16(4,5)6/h11-14,17H,7-10H2,1-6H3,(H,18,19). The smallest absolute Gasteiger partial charge is 0.407 e. The van der Waals surface area contributed by atoms with Crippen molar-refractivity contribution in [3.05, 3.63) is 0 Å². The summed E-state index contributed by atoms with van der Waals surface area (Å²) in [5.41, 5.74) is -0.488. The van der Waals surface area contributed by atoms with Crippen LogP contribution in [0.5, 0.6) is 0 Å². The summed E-state index contributed by atoms with van der Waals surface area (Å²) in [6.07, 6.45) is 0.539. The fraction of sp³-hybridized carbons (Fsp3) is 0.938. The molecule has 22 heavy (non-hydrogen) atoms. The highest BCUT2D eigenvalue weighted by molar-refractivity contribution is 5.68. The minimum absolute atomic E-state index is 0.0236. The molecule has 6 heteroatoms. The number of hydrogen-bond acceptors (Lipinski definition) is 5. The van der Waals surface area contributed by atoms with Gasteiger partial charge in [-0.1, -0.05) is 0 Å². The summed E-state index contributed by atoms with van der Waals surface area (Å²) >= 11 is 0. The van der Waals surface area contributed by atoms with E-state index in [4.69, 9.17) is 14.2 Å². The second-order valence-electron chi connectivity index (χ2n) is 6.74. The van der Waals surface area contributed by atoms with Gasteiger partial charge in [-0.15, -0.1) is 0 Å². The lowest BCUT2D eigenvalue weighted by atomic mass is 9.82. The van der Waals surface area contributed by atoms with Crippen molar-refractivity contribution in [1.82, 2.24) is 10.6 Å². The highest BCUT2D eigenvalue weighted by Crippen LogP contribution is 2.25. The minimum Gasteiger partial charge on any atom is -0.444 e. The first kappa shape index (κ1) is 19.2. The van der Waals surface area contributed by atoms with Gasteiger partial charge < -0.3 is 24.8 Å². The Balaban J connectivity index is 2.49. The Morgan fingerprint density at radius 3 is 2.50 bits per heavy atom. The maximum Gasteiger partial charge on any atom is 0.407 e. The summed E-state index contributed by atoms with van der Waals surface area (Å²) in [6, 6.07) is 0.314. The van der Waals surface area contributed by atoms with Crippen LogP contribution in [0.25, 0.3) is 0 Å². The predicted molar refractivity (Wildman–Crippen MR) is 86.1 cm³/mol. The van der Waals surface area contributed by atoms with Gasteiger partial charge >= 0.3 is 6.09 Å². The molecule has 6 nitrogen and oxygen atoms in total. The first-order valence-electron chi connectivity index (χ1n) is 8.21. The Morgan fingerprint density at radius 1 is 1.27 bits per heavy atom. The molecule has 0 spiro atoms. The van der Waals surface area contributed by atoms with E-state index < -0.39 is 5.60 Å². The van der Waals surface area contributed by atoms with Crippen LogP contribution in [0.4, 0.5) is 4.79 Å². The van der Waals surface area contributed by atoms with Crippen molar-refractivity contribution in [2.75, 3.05) is 19.8 Å². The van der Waals surface area contributed by atoms with Gasteiger partial charge in [0.1, 0.15) is 5.60 Å². The number of carbonyl (C=O) groups is 1. The SMILES string of the molecule is CCOCC(C)NC1C(NC(=O)OC(C)(C)C)CC1OCC. The molecule has 0 aromatic rings. The normalized spacial score (nSPS) is 26.2. The molecule has 1 amide bonds. The third-order valence-corrected chi connectivity index (χ3v) is 3.45. The van der Waals surface area contributed by atoms with Crippen molar-refractivity contribution in [3.63, 3.8) is 0 Å². The van der Waals surface area contributed by atoms with Crippen LogP contribution in [0.15, 0.2) is 0 Å². The lowest BCUT2D eigenvalue weighted by molar-refractivity contribution is -0.0489. The fourth-order valence-electron chi connectivity index (χ4n) is 2.49. The largest absolute Gasteiger partial charge is 0.444 e. The predicted octanol–water partition coefficient (Wildman–Crippen LogP) is 2.07. The Hall–Kier alpha value is -0.850. The molecule has 2 N–H and O–H groups in total. The summed E-state index contributed by atoms with van der Waals surface area (Å²) in [6.45, 7) is 13.6. The van der Waals surface area contributed by atoms with Crippen molar-refractivity contribution in [2.45, 2.75) is 77.8 Å². The zero-order valence-corrected chi connectivity index (χ0v) is 14.8. The van der Waals surface area contributed by atoms with Gasteiger partial charge in [0, 0.05) is 19.3 Å². The molecule has 4 atom stereocenters. The summed E-state index contributed by atoms with van der Waals surface area (Å²) in [5, 5.41) is 6.41. The highest BCUT2D eigenvalue weighted by Gasteiger charge is 2.43. The zero-order valence-electron chi connectivity index (χ0n) is 14.8. The van der Waals surface area contributed by atoms with Gasteiger partial charge in [0.2, 0.25) is 0 Å². The van der Waals surface area contributed by atoms with Gasteiger partial charge in [-0.2, -0.15) is 0 Å². The zero-order chi connectivity index (χ0) is 16.8. The number of ether oxygens (including phenoxy) is 3. The topological polar surface area (TPSA) is 68.8 Å². The Morgan fingerprint density at radius 2 is 1.95 bits per heavy atom. The summed E-state index contributed by atoms with van der Waals surface area (Å²) in [4.78, 5) is 11.9. The van der Waals surface area contributed by atoms with E-state index in [-0.39, 0.29) is 30.3 Å². The van der Waals surface area contributed by atoms with E-state index in [1.165, 1.54) is 0 Å². The molecular formula is C16H32N2O4. The molecule has 0 radical (unpaired) electrons. The lowest BCUT2D eigenvalue weighted by Gasteiger charge is -2.46. The molecule has 1 aliphatic rings. The van der Waals surface area contributed by atoms with Crippen LogP contribution < -0.4 is 10.6 Å². The fourth-order valence-corrected chi connectivity index (χ4v) is 2.49. The van der Waals surface area contributed by atoms with Crippen LogP contribution in [-0.4, -0.2) is 55.7 Å². The van der Waals surface area contributed by atoms with Crippen LogP contribution >= 0.6 is 0 Å². The second kappa shape index (κ2) is 8.70. The molecule has 0 saturated heterocycles. The maximum absolute atomic E-state index is 11.9. The van der Waals surface area contributed by atoms with E-state index >= 15 is 0 Å². The number of rotatable bonds is 8. The molecular weight excluding hydrogens is 284 g/mol. The third-order valence-electron chi connectivity index (χ3n) is 3.45. The molecule has 0 bridgehead atoms. The average molecular weight is 316 g/mol. The molecule has 130 valence electrons. The number of hydrogen-bond donors (Lipinski definition) is 2. The molecule has 4 unspecified atom stereocenters. The Kier molecular flexibility index (Phi) is 7.59. The monoisotopic (exact) mass is 316 g/mol. The van der Waals surface area contributed by atoms with Crippen LogP contribution in [0.3, 0.4) is 0 Å². The molecule has 1 saturated carbocycles. The lowest BCUT2D eigenvalue weighted by Crippen LogP contribution is -2.67. The van der Waals surface area contributed by atoms with E-state index in [2.05, 4.69) is 17.6 Å². The van der Waals surface area contributed by atoms with E-state index in [0.29, 0.717) is 19.8 Å². The molecule has 1 aliphatic carbocycles. The molecule has 0 heterocycles. The molecule has 0 aromatic heterocycles. The molecule has 1 fully saturated rings. The number of nitrogens with one attached hydrogen (secondary N) is 2. The summed E-state index contributed by atoms with van der Waals surface area (Å²) in [7, 11) is 0.